The SMILES string of the molecule is O=[N+]([O-])c1cccc(Cl)c1Oc1cc(F)ncn1. The molecule has 0 bridgehead atoms. The Kier molecular flexibility index (Phi) is 3.33. The molecule has 1 aromatic carbocycles. The minimum atomic E-state index is -0.810. The topological polar surface area (TPSA) is 78.2 Å². The van der Waals surface area contributed by atoms with Crippen LogP contribution < -0.4 is 4.74 Å². The molecule has 0 radical (unpaired) electrons. The number of benzene rings is 1. The predicted octanol–water partition coefficient (Wildman–Crippen LogP) is 2.97. The Bertz CT molecular complexity index is 609. The molecule has 0 aliphatic heterocycles. The highest BCUT2D eigenvalue weighted by atomic mass is 35.5. The molecule has 0 atom stereocenters. The quantitative estimate of drug-likeness (QED) is 0.486. The number of halogens is 2. The van der Waals surface area contributed by atoms with Gasteiger partial charge in [-0.3, -0.25) is 10.1 Å². The Morgan fingerprint density at radius 3 is 2.83 bits per heavy atom. The highest BCUT2D eigenvalue weighted by molar-refractivity contribution is 6.32. The summed E-state index contributed by atoms with van der Waals surface area (Å²) < 4.78 is 17.9. The molecule has 0 aliphatic rings. The van der Waals surface area contributed by atoms with Crippen molar-refractivity contribution >= 4 is 17.3 Å². The van der Waals surface area contributed by atoms with Gasteiger partial charge in [-0.05, 0) is 6.07 Å². The average Bonchev–Trinajstić information content (AvgIpc) is 2.31. The van der Waals surface area contributed by atoms with Crippen molar-refractivity contribution in [3.8, 4) is 11.6 Å². The zero-order valence-electron chi connectivity index (χ0n) is 8.71. The number of rotatable bonds is 3. The van der Waals surface area contributed by atoms with Crippen LogP contribution in [0, 0.1) is 16.1 Å². The summed E-state index contributed by atoms with van der Waals surface area (Å²) in [4.78, 5) is 17.0. The maximum absolute atomic E-state index is 12.8. The van der Waals surface area contributed by atoms with Crippen molar-refractivity contribution in [3.05, 3.63) is 51.7 Å². The van der Waals surface area contributed by atoms with Crippen LogP contribution in [0.3, 0.4) is 0 Å². The van der Waals surface area contributed by atoms with Crippen LogP contribution in [0.4, 0.5) is 10.1 Å². The summed E-state index contributed by atoms with van der Waals surface area (Å²) in [6.07, 6.45) is 0.938. The van der Waals surface area contributed by atoms with Gasteiger partial charge in [-0.2, -0.15) is 4.39 Å². The summed E-state index contributed by atoms with van der Waals surface area (Å²) in [6, 6.07) is 4.95. The molecule has 1 aromatic heterocycles. The maximum atomic E-state index is 12.8. The fourth-order valence-electron chi connectivity index (χ4n) is 1.22. The Labute approximate surface area is 105 Å². The van der Waals surface area contributed by atoms with Crippen LogP contribution in [0.1, 0.15) is 0 Å². The summed E-state index contributed by atoms with van der Waals surface area (Å²) in [5, 5.41) is 10.8. The molecule has 2 rings (SSSR count). The van der Waals surface area contributed by atoms with Gasteiger partial charge in [-0.25, -0.2) is 9.97 Å². The maximum Gasteiger partial charge on any atom is 0.313 e. The van der Waals surface area contributed by atoms with E-state index in [0.717, 1.165) is 12.4 Å². The molecule has 6 nitrogen and oxygen atoms in total. The number of nitro benzene ring substituents is 1. The van der Waals surface area contributed by atoms with Crippen molar-refractivity contribution in [2.75, 3.05) is 0 Å². The molecule has 0 saturated carbocycles. The van der Waals surface area contributed by atoms with Crippen LogP contribution >= 0.6 is 11.6 Å². The summed E-state index contributed by atoms with van der Waals surface area (Å²) in [5.74, 6) is -1.17. The van der Waals surface area contributed by atoms with E-state index in [4.69, 9.17) is 16.3 Å². The number of nitrogens with zero attached hydrogens (tertiary/aromatic N) is 3. The lowest BCUT2D eigenvalue weighted by molar-refractivity contribution is -0.385. The van der Waals surface area contributed by atoms with Crippen molar-refractivity contribution in [2.24, 2.45) is 0 Å². The van der Waals surface area contributed by atoms with Gasteiger partial charge in [-0.1, -0.05) is 17.7 Å². The van der Waals surface area contributed by atoms with Gasteiger partial charge in [0.1, 0.15) is 6.33 Å². The van der Waals surface area contributed by atoms with E-state index < -0.39 is 10.9 Å². The molecule has 0 N–H and O–H groups in total. The highest BCUT2D eigenvalue weighted by Gasteiger charge is 2.19. The number of para-hydroxylation sites is 1. The minimum absolute atomic E-state index is 0.0308. The third-order valence-electron chi connectivity index (χ3n) is 1.96. The first-order valence-electron chi connectivity index (χ1n) is 4.66. The van der Waals surface area contributed by atoms with E-state index >= 15 is 0 Å². The normalized spacial score (nSPS) is 10.1. The Balaban J connectivity index is 2.42. The van der Waals surface area contributed by atoms with Gasteiger partial charge in [-0.15, -0.1) is 0 Å². The van der Waals surface area contributed by atoms with Crippen LogP contribution in [0.5, 0.6) is 11.6 Å². The monoisotopic (exact) mass is 269 g/mol. The first-order valence-corrected chi connectivity index (χ1v) is 5.04. The second kappa shape index (κ2) is 4.92. The molecular formula is C10H5ClFN3O3. The summed E-state index contributed by atoms with van der Waals surface area (Å²) in [5.41, 5.74) is -0.332. The lowest BCUT2D eigenvalue weighted by atomic mass is 10.3. The molecule has 2 aromatic rings. The van der Waals surface area contributed by atoms with Gasteiger partial charge < -0.3 is 4.74 Å². The van der Waals surface area contributed by atoms with Crippen LogP contribution in [-0.2, 0) is 0 Å². The standard InChI is InChI=1S/C10H5ClFN3O3/c11-6-2-1-3-7(15(16)17)10(6)18-9-4-8(12)13-5-14-9/h1-5H. The Morgan fingerprint density at radius 2 is 2.17 bits per heavy atom. The Morgan fingerprint density at radius 1 is 1.39 bits per heavy atom. The van der Waals surface area contributed by atoms with Crippen molar-refractivity contribution < 1.29 is 14.1 Å². The van der Waals surface area contributed by atoms with Crippen LogP contribution in [0.2, 0.25) is 5.02 Å². The first-order chi connectivity index (χ1) is 8.58. The third kappa shape index (κ3) is 2.51. The zero-order chi connectivity index (χ0) is 13.1. The van der Waals surface area contributed by atoms with E-state index in [0.29, 0.717) is 0 Å². The first kappa shape index (κ1) is 12.2. The molecular weight excluding hydrogens is 265 g/mol. The van der Waals surface area contributed by atoms with Gasteiger partial charge in [0.25, 0.3) is 0 Å². The van der Waals surface area contributed by atoms with E-state index in [1.165, 1.54) is 18.2 Å². The summed E-state index contributed by atoms with van der Waals surface area (Å²) in [6.45, 7) is 0. The lowest BCUT2D eigenvalue weighted by Crippen LogP contribution is -1.96. The molecule has 0 saturated heterocycles. The highest BCUT2D eigenvalue weighted by Crippen LogP contribution is 2.36. The Hall–Kier alpha value is -2.28. The van der Waals surface area contributed by atoms with Crippen molar-refractivity contribution in [3.63, 3.8) is 0 Å². The predicted molar refractivity (Wildman–Crippen MR) is 60.2 cm³/mol. The molecule has 0 aliphatic carbocycles. The molecule has 18 heavy (non-hydrogen) atoms. The largest absolute Gasteiger partial charge is 0.430 e. The zero-order valence-corrected chi connectivity index (χ0v) is 9.46. The van der Waals surface area contributed by atoms with Gasteiger partial charge in [0, 0.05) is 6.07 Å². The van der Waals surface area contributed by atoms with E-state index in [1.807, 2.05) is 0 Å². The summed E-state index contributed by atoms with van der Waals surface area (Å²) >= 11 is 5.80. The van der Waals surface area contributed by atoms with Crippen molar-refractivity contribution in [1.82, 2.24) is 9.97 Å². The van der Waals surface area contributed by atoms with Crippen molar-refractivity contribution in [1.29, 1.82) is 0 Å². The van der Waals surface area contributed by atoms with E-state index in [9.17, 15) is 14.5 Å². The van der Waals surface area contributed by atoms with Crippen LogP contribution in [-0.4, -0.2) is 14.9 Å². The number of ether oxygens (including phenoxy) is 1. The molecule has 0 amide bonds. The number of aromatic nitrogens is 2. The smallest absolute Gasteiger partial charge is 0.313 e. The van der Waals surface area contributed by atoms with Gasteiger partial charge in [0.05, 0.1) is 16.0 Å². The van der Waals surface area contributed by atoms with E-state index in [1.54, 1.807) is 0 Å². The van der Waals surface area contributed by atoms with Gasteiger partial charge in [0.2, 0.25) is 17.6 Å². The lowest BCUT2D eigenvalue weighted by Gasteiger charge is -2.06. The van der Waals surface area contributed by atoms with Gasteiger partial charge >= 0.3 is 5.69 Å². The van der Waals surface area contributed by atoms with Crippen LogP contribution in [0.25, 0.3) is 0 Å². The fourth-order valence-corrected chi connectivity index (χ4v) is 1.43. The second-order valence-electron chi connectivity index (χ2n) is 3.13. The second-order valence-corrected chi connectivity index (χ2v) is 3.53. The van der Waals surface area contributed by atoms with E-state index in [2.05, 4.69) is 9.97 Å². The number of hydrogen-bond donors (Lipinski definition) is 0. The van der Waals surface area contributed by atoms with Gasteiger partial charge in [0.15, 0.2) is 0 Å². The minimum Gasteiger partial charge on any atom is -0.430 e. The van der Waals surface area contributed by atoms with Crippen molar-refractivity contribution in [2.45, 2.75) is 0 Å². The molecule has 8 heteroatoms. The number of nitro groups is 1. The molecule has 0 fully saturated rings. The number of hydrogen-bond acceptors (Lipinski definition) is 5. The summed E-state index contributed by atoms with van der Waals surface area (Å²) in [7, 11) is 0. The average molecular weight is 270 g/mol. The fraction of sp³-hybridized carbons (Fsp3) is 0. The molecule has 1 heterocycles. The van der Waals surface area contributed by atoms with E-state index in [-0.39, 0.29) is 22.3 Å². The molecule has 0 unspecified atom stereocenters. The molecule has 0 spiro atoms. The molecule has 92 valence electrons. The third-order valence-corrected chi connectivity index (χ3v) is 2.26. The van der Waals surface area contributed by atoms with Crippen LogP contribution in [0.15, 0.2) is 30.6 Å².